The van der Waals surface area contributed by atoms with Gasteiger partial charge in [0.05, 0.1) is 36.0 Å². The highest BCUT2D eigenvalue weighted by Gasteiger charge is 2.24. The van der Waals surface area contributed by atoms with Gasteiger partial charge in [0.25, 0.3) is 6.43 Å². The molecule has 1 amide bonds. The number of nitrogens with zero attached hydrogens (tertiary/aromatic N) is 5. The number of morpholine rings is 1. The number of aromatic nitrogens is 4. The summed E-state index contributed by atoms with van der Waals surface area (Å²) in [6.07, 6.45) is -2.82. The highest BCUT2D eigenvalue weighted by atomic mass is 19.3. The number of carbonyl (C=O) groups is 1. The third-order valence-electron chi connectivity index (χ3n) is 6.49. The SMILES string of the molecule is CC(C)[C@@H](N)C(=O)Nc1ccc(-c2cc(N3CCOCC3)nc(-n3c(C(F)F)nc4ccccc43)n2)cc1. The number of ether oxygens (including phenoxy) is 1. The maximum absolute atomic E-state index is 14.1. The fraction of sp³-hybridized carbons (Fsp3) is 0.333. The van der Waals surface area contributed by atoms with Crippen LogP contribution in [0.15, 0.2) is 54.6 Å². The Hall–Kier alpha value is -3.96. The van der Waals surface area contributed by atoms with Crippen molar-refractivity contribution in [3.8, 4) is 17.2 Å². The zero-order valence-corrected chi connectivity index (χ0v) is 21.1. The van der Waals surface area contributed by atoms with E-state index in [2.05, 4.69) is 20.3 Å². The van der Waals surface area contributed by atoms with Gasteiger partial charge >= 0.3 is 0 Å². The van der Waals surface area contributed by atoms with Gasteiger partial charge in [-0.15, -0.1) is 0 Å². The van der Waals surface area contributed by atoms with Gasteiger partial charge in [0.2, 0.25) is 11.9 Å². The second kappa shape index (κ2) is 10.8. The maximum Gasteiger partial charge on any atom is 0.296 e. The van der Waals surface area contributed by atoms with Gasteiger partial charge in [0.15, 0.2) is 5.82 Å². The van der Waals surface area contributed by atoms with Gasteiger partial charge in [0, 0.05) is 30.4 Å². The summed E-state index contributed by atoms with van der Waals surface area (Å²) in [5, 5.41) is 2.82. The Morgan fingerprint density at radius 2 is 1.74 bits per heavy atom. The van der Waals surface area contributed by atoms with Crippen molar-refractivity contribution >= 4 is 28.4 Å². The van der Waals surface area contributed by atoms with Crippen molar-refractivity contribution in [2.24, 2.45) is 11.7 Å². The molecule has 2 aromatic carbocycles. The van der Waals surface area contributed by atoms with Gasteiger partial charge < -0.3 is 20.7 Å². The predicted molar refractivity (Wildman–Crippen MR) is 142 cm³/mol. The van der Waals surface area contributed by atoms with E-state index in [1.54, 1.807) is 36.4 Å². The van der Waals surface area contributed by atoms with E-state index in [9.17, 15) is 13.6 Å². The Kier molecular flexibility index (Phi) is 7.30. The van der Waals surface area contributed by atoms with Crippen LogP contribution in [-0.2, 0) is 9.53 Å². The molecule has 11 heteroatoms. The zero-order valence-electron chi connectivity index (χ0n) is 21.1. The number of para-hydroxylation sites is 2. The molecule has 1 aliphatic rings. The first-order chi connectivity index (χ1) is 18.3. The van der Waals surface area contributed by atoms with Crippen LogP contribution in [0.25, 0.3) is 28.2 Å². The van der Waals surface area contributed by atoms with Crippen molar-refractivity contribution in [2.45, 2.75) is 26.3 Å². The number of hydrogen-bond acceptors (Lipinski definition) is 7. The standard InChI is InChI=1S/C27H29F2N7O2/c1-16(2)23(30)26(37)31-18-9-7-17(8-10-18)20-15-22(35-11-13-38-14-12-35)34-27(33-20)36-21-6-4-3-5-19(21)32-25(36)24(28)29/h3-10,15-16,23-24H,11-14,30H2,1-2H3,(H,31,37)/t23-/m1/s1. The van der Waals surface area contributed by atoms with E-state index in [0.717, 1.165) is 5.56 Å². The first kappa shape index (κ1) is 25.7. The zero-order chi connectivity index (χ0) is 26.8. The number of hydrogen-bond donors (Lipinski definition) is 2. The van der Waals surface area contributed by atoms with E-state index >= 15 is 0 Å². The lowest BCUT2D eigenvalue weighted by molar-refractivity contribution is -0.118. The minimum atomic E-state index is -2.82. The number of halogens is 2. The Morgan fingerprint density at radius 1 is 1.03 bits per heavy atom. The monoisotopic (exact) mass is 521 g/mol. The van der Waals surface area contributed by atoms with Crippen molar-refractivity contribution in [3.05, 3.63) is 60.4 Å². The van der Waals surface area contributed by atoms with Crippen LogP contribution in [0.5, 0.6) is 0 Å². The summed E-state index contributed by atoms with van der Waals surface area (Å²) in [6.45, 7) is 6.08. The van der Waals surface area contributed by atoms with Gasteiger partial charge in [0.1, 0.15) is 5.82 Å². The lowest BCUT2D eigenvalue weighted by Crippen LogP contribution is -2.39. The molecule has 0 unspecified atom stereocenters. The lowest BCUT2D eigenvalue weighted by Gasteiger charge is -2.28. The fourth-order valence-corrected chi connectivity index (χ4v) is 4.28. The number of fused-ring (bicyclic) bond motifs is 1. The number of amides is 1. The van der Waals surface area contributed by atoms with Crippen molar-refractivity contribution < 1.29 is 18.3 Å². The minimum Gasteiger partial charge on any atom is -0.378 e. The molecule has 38 heavy (non-hydrogen) atoms. The molecule has 1 fully saturated rings. The number of carbonyl (C=O) groups excluding carboxylic acids is 1. The Morgan fingerprint density at radius 3 is 2.42 bits per heavy atom. The van der Waals surface area contributed by atoms with Gasteiger partial charge in [-0.05, 0) is 30.2 Å². The molecule has 3 heterocycles. The van der Waals surface area contributed by atoms with E-state index in [1.807, 2.05) is 36.9 Å². The van der Waals surface area contributed by atoms with Crippen LogP contribution in [-0.4, -0.2) is 57.8 Å². The molecule has 0 aliphatic carbocycles. The molecule has 1 aliphatic heterocycles. The fourth-order valence-electron chi connectivity index (χ4n) is 4.28. The molecule has 1 atom stereocenters. The van der Waals surface area contributed by atoms with Crippen LogP contribution in [0.4, 0.5) is 20.3 Å². The molecule has 4 aromatic rings. The van der Waals surface area contributed by atoms with Crippen molar-refractivity contribution in [1.29, 1.82) is 0 Å². The third-order valence-corrected chi connectivity index (χ3v) is 6.49. The second-order valence-electron chi connectivity index (χ2n) is 9.44. The first-order valence-electron chi connectivity index (χ1n) is 12.5. The van der Waals surface area contributed by atoms with E-state index in [0.29, 0.717) is 54.5 Å². The second-order valence-corrected chi connectivity index (χ2v) is 9.44. The van der Waals surface area contributed by atoms with Gasteiger partial charge in [-0.25, -0.2) is 18.7 Å². The van der Waals surface area contributed by atoms with Crippen molar-refractivity contribution in [1.82, 2.24) is 19.5 Å². The number of nitrogens with two attached hydrogens (primary N) is 1. The molecule has 1 saturated heterocycles. The number of rotatable bonds is 7. The number of benzene rings is 2. The first-order valence-corrected chi connectivity index (χ1v) is 12.5. The Bertz CT molecular complexity index is 1430. The smallest absolute Gasteiger partial charge is 0.296 e. The van der Waals surface area contributed by atoms with Crippen LogP contribution in [0.2, 0.25) is 0 Å². The summed E-state index contributed by atoms with van der Waals surface area (Å²) in [4.78, 5) is 27.9. The summed E-state index contributed by atoms with van der Waals surface area (Å²) < 4.78 is 34.9. The van der Waals surface area contributed by atoms with Gasteiger partial charge in [-0.2, -0.15) is 4.98 Å². The number of alkyl halides is 2. The van der Waals surface area contributed by atoms with Gasteiger partial charge in [-0.1, -0.05) is 38.1 Å². The summed E-state index contributed by atoms with van der Waals surface area (Å²) in [7, 11) is 0. The van der Waals surface area contributed by atoms with E-state index in [1.165, 1.54) is 4.57 Å². The van der Waals surface area contributed by atoms with Crippen molar-refractivity contribution in [2.75, 3.05) is 36.5 Å². The molecular formula is C27H29F2N7O2. The van der Waals surface area contributed by atoms with E-state index in [-0.39, 0.29) is 17.8 Å². The Labute approximate surface area is 218 Å². The number of imidazole rings is 1. The van der Waals surface area contributed by atoms with Gasteiger partial charge in [-0.3, -0.25) is 9.36 Å². The highest BCUT2D eigenvalue weighted by molar-refractivity contribution is 5.95. The lowest BCUT2D eigenvalue weighted by atomic mass is 10.0. The summed E-state index contributed by atoms with van der Waals surface area (Å²) >= 11 is 0. The average Bonchev–Trinajstić information content (AvgIpc) is 3.33. The summed E-state index contributed by atoms with van der Waals surface area (Å²) in [5.41, 5.74) is 8.75. The predicted octanol–water partition coefficient (Wildman–Crippen LogP) is 4.18. The van der Waals surface area contributed by atoms with E-state index < -0.39 is 18.3 Å². The third kappa shape index (κ3) is 5.20. The number of nitrogens with one attached hydrogen (secondary N) is 1. The molecule has 5 rings (SSSR count). The molecule has 2 aromatic heterocycles. The normalized spacial score (nSPS) is 14.9. The Balaban J connectivity index is 1.57. The molecule has 0 spiro atoms. The van der Waals surface area contributed by atoms with Crippen molar-refractivity contribution in [3.63, 3.8) is 0 Å². The van der Waals surface area contributed by atoms with Crippen LogP contribution in [0, 0.1) is 5.92 Å². The summed E-state index contributed by atoms with van der Waals surface area (Å²) in [6, 6.07) is 15.3. The van der Waals surface area contributed by atoms with Crippen LogP contribution in [0.3, 0.4) is 0 Å². The molecule has 3 N–H and O–H groups in total. The topological polar surface area (TPSA) is 111 Å². The molecular weight excluding hydrogens is 492 g/mol. The van der Waals surface area contributed by atoms with Crippen LogP contribution >= 0.6 is 0 Å². The molecule has 0 saturated carbocycles. The minimum absolute atomic E-state index is 0.00436. The molecule has 0 radical (unpaired) electrons. The molecule has 0 bridgehead atoms. The van der Waals surface area contributed by atoms with E-state index in [4.69, 9.17) is 10.5 Å². The molecule has 9 nitrogen and oxygen atoms in total. The van der Waals surface area contributed by atoms with Crippen LogP contribution < -0.4 is 16.0 Å². The highest BCUT2D eigenvalue weighted by Crippen LogP contribution is 2.30. The average molecular weight is 522 g/mol. The summed E-state index contributed by atoms with van der Waals surface area (Å²) in [5.74, 6) is 0.0265. The van der Waals surface area contributed by atoms with Crippen LogP contribution in [0.1, 0.15) is 26.1 Å². The number of anilines is 2. The maximum atomic E-state index is 14.1. The quantitative estimate of drug-likeness (QED) is 0.375. The molecule has 198 valence electrons. The largest absolute Gasteiger partial charge is 0.378 e.